The average Bonchev–Trinajstić information content (AvgIpc) is 2.81. The van der Waals surface area contributed by atoms with Crippen LogP contribution in [0.5, 0.6) is 11.6 Å². The number of nitrogens with zero attached hydrogens (tertiary/aromatic N) is 1. The number of aromatic carboxylic acids is 1. The molecule has 0 atom stereocenters. The second kappa shape index (κ2) is 9.49. The summed E-state index contributed by atoms with van der Waals surface area (Å²) in [5, 5.41) is 12.4. The number of pyridine rings is 2. The molecule has 2 aromatic carbocycles. The summed E-state index contributed by atoms with van der Waals surface area (Å²) >= 11 is 0. The molecule has 0 amide bonds. The number of benzene rings is 2. The third-order valence-electron chi connectivity index (χ3n) is 4.90. The Kier molecular flexibility index (Phi) is 6.43. The quantitative estimate of drug-likeness (QED) is 0.280. The lowest BCUT2D eigenvalue weighted by Crippen LogP contribution is -2.10. The molecule has 12 heteroatoms. The molecule has 4 aromatic rings. The number of halogens is 5. The fourth-order valence-electron chi connectivity index (χ4n) is 3.30. The van der Waals surface area contributed by atoms with Gasteiger partial charge in [0.05, 0.1) is 22.6 Å². The van der Waals surface area contributed by atoms with E-state index in [0.29, 0.717) is 6.07 Å². The number of carboxylic acid groups (broad SMARTS) is 1. The first kappa shape index (κ1) is 24.4. The number of rotatable bonds is 6. The summed E-state index contributed by atoms with van der Waals surface area (Å²) in [6.07, 6.45) is -3.66. The lowest BCUT2D eigenvalue weighted by molar-refractivity contribution is -0.138. The Balaban J connectivity index is 1.72. The third-order valence-corrected chi connectivity index (χ3v) is 4.90. The third kappa shape index (κ3) is 5.17. The standard InChI is InChI=1S/C24H14F5N3O4/c25-12-3-5-14(17(26)10-12)21-19(7-8-20(33)32-21)31-18-6-4-13(11-15(18)23(34)35)36-22-16(24(27,28)29)2-1-9-30-22/h1-11,31H,(H,32,33)(H,34,35). The van der Waals surface area contributed by atoms with Crippen LogP contribution in [0.3, 0.4) is 0 Å². The van der Waals surface area contributed by atoms with Gasteiger partial charge in [-0.2, -0.15) is 13.2 Å². The summed E-state index contributed by atoms with van der Waals surface area (Å²) in [6.45, 7) is 0. The number of nitrogens with one attached hydrogen (secondary N) is 2. The highest BCUT2D eigenvalue weighted by atomic mass is 19.4. The minimum Gasteiger partial charge on any atom is -0.478 e. The fraction of sp³-hybridized carbons (Fsp3) is 0.0417. The molecule has 36 heavy (non-hydrogen) atoms. The van der Waals surface area contributed by atoms with E-state index in [1.165, 1.54) is 18.2 Å². The van der Waals surface area contributed by atoms with Crippen LogP contribution in [-0.2, 0) is 6.18 Å². The predicted octanol–water partition coefficient (Wildman–Crippen LogP) is 5.97. The van der Waals surface area contributed by atoms with E-state index in [-0.39, 0.29) is 28.4 Å². The van der Waals surface area contributed by atoms with Crippen molar-refractivity contribution in [1.82, 2.24) is 9.97 Å². The molecule has 7 nitrogen and oxygen atoms in total. The van der Waals surface area contributed by atoms with Crippen LogP contribution in [0.15, 0.2) is 71.7 Å². The van der Waals surface area contributed by atoms with Crippen molar-refractivity contribution in [2.45, 2.75) is 6.18 Å². The van der Waals surface area contributed by atoms with Crippen LogP contribution in [0.1, 0.15) is 15.9 Å². The normalized spacial score (nSPS) is 11.2. The molecule has 0 unspecified atom stereocenters. The fourth-order valence-corrected chi connectivity index (χ4v) is 3.30. The molecule has 0 aliphatic rings. The van der Waals surface area contributed by atoms with Gasteiger partial charge in [-0.15, -0.1) is 0 Å². The van der Waals surface area contributed by atoms with Crippen molar-refractivity contribution in [2.75, 3.05) is 5.32 Å². The highest BCUT2D eigenvalue weighted by molar-refractivity contribution is 5.96. The molecule has 0 bridgehead atoms. The van der Waals surface area contributed by atoms with Gasteiger partial charge in [0.1, 0.15) is 22.9 Å². The van der Waals surface area contributed by atoms with Gasteiger partial charge >= 0.3 is 12.1 Å². The van der Waals surface area contributed by atoms with Crippen LogP contribution >= 0.6 is 0 Å². The Morgan fingerprint density at radius 1 is 1.00 bits per heavy atom. The molecule has 0 aliphatic carbocycles. The van der Waals surface area contributed by atoms with E-state index < -0.39 is 46.3 Å². The maximum absolute atomic E-state index is 14.4. The molecule has 2 aromatic heterocycles. The number of carbonyl (C=O) groups is 1. The number of hydrogen-bond donors (Lipinski definition) is 3. The Morgan fingerprint density at radius 2 is 1.75 bits per heavy atom. The first-order valence-electron chi connectivity index (χ1n) is 10.1. The van der Waals surface area contributed by atoms with Gasteiger partial charge in [-0.25, -0.2) is 18.6 Å². The summed E-state index contributed by atoms with van der Waals surface area (Å²) in [6, 6.07) is 10.3. The van der Waals surface area contributed by atoms with E-state index >= 15 is 0 Å². The molecule has 0 aliphatic heterocycles. The minimum atomic E-state index is -4.75. The molecule has 184 valence electrons. The molecule has 0 saturated carbocycles. The summed E-state index contributed by atoms with van der Waals surface area (Å²) in [5.41, 5.74) is -2.39. The van der Waals surface area contributed by atoms with Crippen molar-refractivity contribution in [3.63, 3.8) is 0 Å². The van der Waals surface area contributed by atoms with Crippen molar-refractivity contribution in [1.29, 1.82) is 0 Å². The van der Waals surface area contributed by atoms with Gasteiger partial charge in [-0.3, -0.25) is 4.79 Å². The Hall–Kier alpha value is -4.74. The minimum absolute atomic E-state index is 0.0530. The number of H-pyrrole nitrogens is 1. The zero-order chi connectivity index (χ0) is 26.0. The second-order valence-electron chi connectivity index (χ2n) is 7.33. The molecular weight excluding hydrogens is 489 g/mol. The number of alkyl halides is 3. The van der Waals surface area contributed by atoms with Crippen molar-refractivity contribution >= 4 is 17.3 Å². The lowest BCUT2D eigenvalue weighted by atomic mass is 10.1. The second-order valence-corrected chi connectivity index (χ2v) is 7.33. The zero-order valence-corrected chi connectivity index (χ0v) is 17.9. The Labute approximate surface area is 198 Å². The summed E-state index contributed by atoms with van der Waals surface area (Å²) < 4.78 is 72.6. The van der Waals surface area contributed by atoms with E-state index in [1.54, 1.807) is 0 Å². The molecule has 4 rings (SSSR count). The molecule has 0 saturated heterocycles. The van der Waals surface area contributed by atoms with Gasteiger partial charge < -0.3 is 20.1 Å². The van der Waals surface area contributed by atoms with E-state index in [2.05, 4.69) is 15.3 Å². The summed E-state index contributed by atoms with van der Waals surface area (Å²) in [5.74, 6) is -4.28. The van der Waals surface area contributed by atoms with Crippen LogP contribution in [-0.4, -0.2) is 21.0 Å². The van der Waals surface area contributed by atoms with Crippen LogP contribution in [0.4, 0.5) is 33.3 Å². The molecule has 2 heterocycles. The first-order chi connectivity index (χ1) is 17.0. The number of hydrogen-bond acceptors (Lipinski definition) is 5. The van der Waals surface area contributed by atoms with Crippen LogP contribution in [0, 0.1) is 11.6 Å². The average molecular weight is 503 g/mol. The zero-order valence-electron chi connectivity index (χ0n) is 17.9. The van der Waals surface area contributed by atoms with Gasteiger partial charge in [0.15, 0.2) is 0 Å². The van der Waals surface area contributed by atoms with Crippen molar-refractivity contribution < 1.29 is 36.6 Å². The largest absolute Gasteiger partial charge is 0.478 e. The monoisotopic (exact) mass is 503 g/mol. The number of aromatic nitrogens is 2. The Morgan fingerprint density at radius 3 is 2.44 bits per heavy atom. The summed E-state index contributed by atoms with van der Waals surface area (Å²) in [4.78, 5) is 29.7. The molecule has 0 fully saturated rings. The van der Waals surface area contributed by atoms with Crippen molar-refractivity contribution in [3.05, 3.63) is 100.0 Å². The van der Waals surface area contributed by atoms with Crippen LogP contribution in [0.2, 0.25) is 0 Å². The SMILES string of the molecule is O=C(O)c1cc(Oc2ncccc2C(F)(F)F)ccc1Nc1ccc(=O)[nH]c1-c1ccc(F)cc1F. The highest BCUT2D eigenvalue weighted by Crippen LogP contribution is 2.38. The molecule has 0 radical (unpaired) electrons. The van der Waals surface area contributed by atoms with Gasteiger partial charge in [0.2, 0.25) is 11.4 Å². The topological polar surface area (TPSA) is 104 Å². The van der Waals surface area contributed by atoms with Crippen LogP contribution < -0.4 is 15.6 Å². The number of anilines is 2. The van der Waals surface area contributed by atoms with E-state index in [4.69, 9.17) is 4.74 Å². The number of ether oxygens (including phenoxy) is 1. The molecule has 0 spiro atoms. The predicted molar refractivity (Wildman–Crippen MR) is 118 cm³/mol. The van der Waals surface area contributed by atoms with E-state index in [1.807, 2.05) is 0 Å². The maximum Gasteiger partial charge on any atom is 0.421 e. The Bertz CT molecular complexity index is 1520. The van der Waals surface area contributed by atoms with E-state index in [9.17, 15) is 36.6 Å². The van der Waals surface area contributed by atoms with Crippen LogP contribution in [0.25, 0.3) is 11.3 Å². The van der Waals surface area contributed by atoms with Gasteiger partial charge in [0.25, 0.3) is 0 Å². The number of aromatic amines is 1. The smallest absolute Gasteiger partial charge is 0.421 e. The van der Waals surface area contributed by atoms with Gasteiger partial charge in [-0.05, 0) is 48.5 Å². The highest BCUT2D eigenvalue weighted by Gasteiger charge is 2.35. The maximum atomic E-state index is 14.4. The summed E-state index contributed by atoms with van der Waals surface area (Å²) in [7, 11) is 0. The van der Waals surface area contributed by atoms with Gasteiger partial charge in [0, 0.05) is 23.9 Å². The molecule has 3 N–H and O–H groups in total. The number of carboxylic acids is 1. The van der Waals surface area contributed by atoms with Crippen molar-refractivity contribution in [2.24, 2.45) is 0 Å². The lowest BCUT2D eigenvalue weighted by Gasteiger charge is -2.16. The van der Waals surface area contributed by atoms with Gasteiger partial charge in [-0.1, -0.05) is 0 Å². The van der Waals surface area contributed by atoms with E-state index in [0.717, 1.165) is 42.6 Å². The molecular formula is C24H14F5N3O4. The van der Waals surface area contributed by atoms with Crippen molar-refractivity contribution in [3.8, 4) is 22.9 Å². The first-order valence-corrected chi connectivity index (χ1v) is 10.1.